The fraction of sp³-hybridized carbons (Fsp3) is 0. The van der Waals surface area contributed by atoms with E-state index in [0.717, 1.165) is 0 Å². The first kappa shape index (κ1) is 25.1. The van der Waals surface area contributed by atoms with E-state index in [9.17, 15) is 31.6 Å². The van der Waals surface area contributed by atoms with Crippen molar-refractivity contribution >= 4 is 22.3 Å². The van der Waals surface area contributed by atoms with Gasteiger partial charge in [-0.15, -0.1) is 0 Å². The highest BCUT2D eigenvalue weighted by Gasteiger charge is 2.43. The first-order chi connectivity index (χ1) is 19.5. The molecular formula is C32H10F2N6. The van der Waals surface area contributed by atoms with Crippen LogP contribution in [-0.4, -0.2) is 0 Å². The third-order valence-electron chi connectivity index (χ3n) is 6.67. The molecule has 0 bridgehead atoms. The Morgan fingerprint density at radius 3 is 1.07 bits per heavy atom. The summed E-state index contributed by atoms with van der Waals surface area (Å²) >= 11 is 0. The molecule has 0 amide bonds. The van der Waals surface area contributed by atoms with Crippen LogP contribution in [0.2, 0.25) is 0 Å². The van der Waals surface area contributed by atoms with Crippen LogP contribution in [-0.2, 0) is 0 Å². The minimum absolute atomic E-state index is 0.0286. The molecule has 3 aromatic carbocycles. The van der Waals surface area contributed by atoms with Gasteiger partial charge in [-0.3, -0.25) is 0 Å². The van der Waals surface area contributed by atoms with Crippen molar-refractivity contribution in [3.8, 4) is 58.7 Å². The van der Waals surface area contributed by atoms with Crippen LogP contribution in [0.15, 0.2) is 83.5 Å². The molecule has 182 valence electrons. The van der Waals surface area contributed by atoms with Crippen molar-refractivity contribution in [2.75, 3.05) is 0 Å². The summed E-state index contributed by atoms with van der Waals surface area (Å²) in [6.45, 7) is 0. The first-order valence-electron chi connectivity index (χ1n) is 11.5. The van der Waals surface area contributed by atoms with Crippen LogP contribution in [0.5, 0.6) is 0 Å². The summed E-state index contributed by atoms with van der Waals surface area (Å²) in [5.41, 5.74) is -2.42. The maximum Gasteiger partial charge on any atom is 0.151 e. The number of benzene rings is 3. The van der Waals surface area contributed by atoms with Crippen molar-refractivity contribution in [1.82, 2.24) is 0 Å². The Hall–Kier alpha value is -6.58. The lowest BCUT2D eigenvalue weighted by atomic mass is 9.78. The van der Waals surface area contributed by atoms with Crippen molar-refractivity contribution in [3.05, 3.63) is 106 Å². The van der Waals surface area contributed by atoms with Gasteiger partial charge in [0.2, 0.25) is 0 Å². The lowest BCUT2D eigenvalue weighted by molar-refractivity contribution is 0.681. The molecule has 0 unspecified atom stereocenters. The van der Waals surface area contributed by atoms with Crippen LogP contribution in [0.4, 0.5) is 8.78 Å². The van der Waals surface area contributed by atoms with Crippen molar-refractivity contribution in [2.24, 2.45) is 0 Å². The van der Waals surface area contributed by atoms with Gasteiger partial charge >= 0.3 is 0 Å². The van der Waals surface area contributed by atoms with Gasteiger partial charge < -0.3 is 0 Å². The van der Waals surface area contributed by atoms with Crippen molar-refractivity contribution in [1.29, 1.82) is 31.6 Å². The van der Waals surface area contributed by atoms with E-state index in [1.807, 2.05) is 12.1 Å². The predicted molar refractivity (Wildman–Crippen MR) is 141 cm³/mol. The highest BCUT2D eigenvalue weighted by Crippen LogP contribution is 2.59. The molecule has 0 heterocycles. The van der Waals surface area contributed by atoms with Crippen LogP contribution in [0.1, 0.15) is 22.3 Å². The molecule has 0 radical (unpaired) electrons. The van der Waals surface area contributed by atoms with E-state index < -0.39 is 45.1 Å². The lowest BCUT2D eigenvalue weighted by Crippen LogP contribution is -2.04. The number of hydrogen-bond acceptors (Lipinski definition) is 6. The average Bonchev–Trinajstić information content (AvgIpc) is 3.44. The number of rotatable bonds is 2. The van der Waals surface area contributed by atoms with Gasteiger partial charge in [-0.1, -0.05) is 60.7 Å². The Morgan fingerprint density at radius 2 is 0.775 bits per heavy atom. The molecule has 40 heavy (non-hydrogen) atoms. The van der Waals surface area contributed by atoms with Gasteiger partial charge in [-0.2, -0.15) is 31.6 Å². The molecule has 2 aliphatic rings. The third kappa shape index (κ3) is 3.33. The maximum absolute atomic E-state index is 16.1. The Morgan fingerprint density at radius 1 is 0.450 bits per heavy atom. The topological polar surface area (TPSA) is 143 Å². The molecule has 8 heteroatoms. The zero-order chi connectivity index (χ0) is 28.6. The van der Waals surface area contributed by atoms with E-state index in [4.69, 9.17) is 0 Å². The fourth-order valence-corrected chi connectivity index (χ4v) is 5.18. The standard InChI is InChI=1S/C32H10F2N6/c33-31-21(15-39)27-23(17-7-3-1-4-8-17)28-22(16-40)32(34)26(20(13-37)14-38)30(28)24(18-9-5-2-6-10-18)29(27)25(31)19(11-35)12-36/h1-10H. The molecule has 0 saturated heterocycles. The molecule has 0 aromatic heterocycles. The third-order valence-corrected chi connectivity index (χ3v) is 6.67. The van der Waals surface area contributed by atoms with E-state index in [2.05, 4.69) is 0 Å². The van der Waals surface area contributed by atoms with Gasteiger partial charge in [0, 0.05) is 39.0 Å². The zero-order valence-corrected chi connectivity index (χ0v) is 20.2. The monoisotopic (exact) mass is 516 g/mol. The van der Waals surface area contributed by atoms with Crippen LogP contribution < -0.4 is 0 Å². The van der Waals surface area contributed by atoms with E-state index in [1.165, 1.54) is 0 Å². The van der Waals surface area contributed by atoms with Crippen molar-refractivity contribution < 1.29 is 8.78 Å². The molecule has 0 atom stereocenters. The molecule has 2 aliphatic carbocycles. The Bertz CT molecular complexity index is 1920. The van der Waals surface area contributed by atoms with Crippen LogP contribution in [0.3, 0.4) is 0 Å². The first-order valence-corrected chi connectivity index (χ1v) is 11.5. The zero-order valence-electron chi connectivity index (χ0n) is 20.2. The lowest BCUT2D eigenvalue weighted by Gasteiger charge is -2.22. The minimum atomic E-state index is -1.12. The molecule has 5 rings (SSSR count). The summed E-state index contributed by atoms with van der Waals surface area (Å²) in [6, 6.07) is 26.8. The molecule has 0 fully saturated rings. The fourth-order valence-electron chi connectivity index (χ4n) is 5.18. The van der Waals surface area contributed by atoms with E-state index in [0.29, 0.717) is 11.1 Å². The van der Waals surface area contributed by atoms with Gasteiger partial charge in [0.15, 0.2) is 11.7 Å². The number of halogens is 2. The summed E-state index contributed by atoms with van der Waals surface area (Å²) < 4.78 is 32.2. The predicted octanol–water partition coefficient (Wildman–Crippen LogP) is 7.06. The second-order valence-corrected chi connectivity index (χ2v) is 8.53. The maximum atomic E-state index is 16.1. The summed E-state index contributed by atoms with van der Waals surface area (Å²) in [6.07, 6.45) is 0. The molecule has 6 nitrogen and oxygen atoms in total. The molecule has 0 aliphatic heterocycles. The largest absolute Gasteiger partial charge is 0.205 e. The molecule has 0 saturated carbocycles. The second kappa shape index (κ2) is 9.71. The van der Waals surface area contributed by atoms with Crippen molar-refractivity contribution in [3.63, 3.8) is 0 Å². The van der Waals surface area contributed by atoms with E-state index >= 15 is 8.78 Å². The van der Waals surface area contributed by atoms with Crippen molar-refractivity contribution in [2.45, 2.75) is 0 Å². The van der Waals surface area contributed by atoms with E-state index in [-0.39, 0.29) is 33.4 Å². The average molecular weight is 516 g/mol. The SMILES string of the molecule is N#CC(C#N)=C1C(F)=C(C#N)c2c1c(-c1ccccc1)c1c(c2-c2ccccc2)C(C#N)=C(F)C1=C(C#N)C#N. The molecule has 0 spiro atoms. The summed E-state index contributed by atoms with van der Waals surface area (Å²) in [7, 11) is 0. The Balaban J connectivity index is 2.23. The number of nitriles is 6. The number of allylic oxidation sites excluding steroid dienone is 8. The summed E-state index contributed by atoms with van der Waals surface area (Å²) in [5.74, 6) is -2.24. The van der Waals surface area contributed by atoms with Gasteiger partial charge in [-0.05, 0) is 16.7 Å². The minimum Gasteiger partial charge on any atom is -0.205 e. The molecular weight excluding hydrogens is 506 g/mol. The Kier molecular flexibility index (Phi) is 6.09. The van der Waals surface area contributed by atoms with Crippen LogP contribution >= 0.6 is 0 Å². The highest BCUT2D eigenvalue weighted by atomic mass is 19.1. The number of nitrogens with zero attached hydrogens (tertiary/aromatic N) is 6. The Labute approximate surface area is 227 Å². The normalized spacial score (nSPS) is 12.8. The van der Waals surface area contributed by atoms with Crippen LogP contribution in [0, 0.1) is 68.0 Å². The second-order valence-electron chi connectivity index (χ2n) is 8.53. The quantitative estimate of drug-likeness (QED) is 0.334. The smallest absolute Gasteiger partial charge is 0.151 e. The summed E-state index contributed by atoms with van der Waals surface area (Å²) in [5, 5.41) is 59.3. The molecule has 3 aromatic rings. The molecule has 0 N–H and O–H groups in total. The van der Waals surface area contributed by atoms with Gasteiger partial charge in [0.1, 0.15) is 47.6 Å². The van der Waals surface area contributed by atoms with E-state index in [1.54, 1.807) is 84.9 Å². The summed E-state index contributed by atoms with van der Waals surface area (Å²) in [4.78, 5) is 0. The van der Waals surface area contributed by atoms with Gasteiger partial charge in [0.05, 0.1) is 11.1 Å². The van der Waals surface area contributed by atoms with Crippen LogP contribution in [0.25, 0.3) is 44.5 Å². The highest BCUT2D eigenvalue weighted by molar-refractivity contribution is 6.20. The van der Waals surface area contributed by atoms with Gasteiger partial charge in [-0.25, -0.2) is 8.78 Å². The van der Waals surface area contributed by atoms with Gasteiger partial charge in [0.25, 0.3) is 0 Å². The number of fused-ring (bicyclic) bond motifs is 2. The number of hydrogen-bond donors (Lipinski definition) is 0.